The van der Waals surface area contributed by atoms with Crippen molar-refractivity contribution in [3.05, 3.63) is 23.4 Å². The van der Waals surface area contributed by atoms with E-state index in [0.29, 0.717) is 18.0 Å². The number of likely N-dealkylation sites (N-methyl/N-ethyl adjacent to an activating group) is 1. The average molecular weight is 303 g/mol. The number of hydrogen-bond acceptors (Lipinski definition) is 4. The number of carboxylic acid groups (broad SMARTS) is 1. The van der Waals surface area contributed by atoms with E-state index in [0.717, 1.165) is 17.2 Å². The molecule has 0 aromatic carbocycles. The lowest BCUT2D eigenvalue weighted by molar-refractivity contribution is -0.144. The zero-order valence-corrected chi connectivity index (χ0v) is 12.7. The van der Waals surface area contributed by atoms with E-state index >= 15 is 0 Å². The van der Waals surface area contributed by atoms with E-state index in [1.165, 1.54) is 0 Å². The van der Waals surface area contributed by atoms with Crippen molar-refractivity contribution in [2.45, 2.75) is 37.3 Å². The van der Waals surface area contributed by atoms with Crippen LogP contribution >= 0.6 is 23.4 Å². The summed E-state index contributed by atoms with van der Waals surface area (Å²) in [4.78, 5) is 15.4. The molecule has 1 unspecified atom stereocenters. The number of carbonyl (C=O) groups is 1. The van der Waals surface area contributed by atoms with E-state index in [2.05, 4.69) is 10.3 Å². The lowest BCUT2D eigenvalue weighted by Gasteiger charge is -2.25. The molecule has 0 bridgehead atoms. The van der Waals surface area contributed by atoms with Crippen LogP contribution in [0.2, 0.25) is 5.02 Å². The van der Waals surface area contributed by atoms with Gasteiger partial charge in [-0.3, -0.25) is 4.79 Å². The highest BCUT2D eigenvalue weighted by Gasteiger charge is 2.31. The van der Waals surface area contributed by atoms with Crippen LogP contribution in [0.15, 0.2) is 23.4 Å². The van der Waals surface area contributed by atoms with Crippen LogP contribution in [0.4, 0.5) is 0 Å². The molecule has 0 aliphatic heterocycles. The van der Waals surface area contributed by atoms with E-state index in [-0.39, 0.29) is 0 Å². The molecule has 1 rings (SSSR count). The van der Waals surface area contributed by atoms with E-state index < -0.39 is 11.5 Å². The van der Waals surface area contributed by atoms with Gasteiger partial charge in [0.05, 0.1) is 5.02 Å². The molecule has 0 saturated heterocycles. The van der Waals surface area contributed by atoms with Gasteiger partial charge in [0.25, 0.3) is 0 Å². The number of halogens is 1. The molecular weight excluding hydrogens is 284 g/mol. The number of rotatable bonds is 8. The van der Waals surface area contributed by atoms with Gasteiger partial charge < -0.3 is 10.4 Å². The van der Waals surface area contributed by atoms with Crippen LogP contribution in [0.5, 0.6) is 0 Å². The second-order valence-electron chi connectivity index (χ2n) is 4.41. The number of pyridine rings is 1. The third-order valence-electron chi connectivity index (χ3n) is 2.82. The van der Waals surface area contributed by atoms with Crippen molar-refractivity contribution in [1.82, 2.24) is 10.3 Å². The number of nitrogens with one attached hydrogen (secondary N) is 1. The molecule has 0 amide bonds. The highest BCUT2D eigenvalue weighted by atomic mass is 35.5. The number of hydrogen-bond donors (Lipinski definition) is 2. The molecule has 0 spiro atoms. The Bertz CT molecular complexity index is 431. The minimum atomic E-state index is -0.858. The first-order valence-corrected chi connectivity index (χ1v) is 7.57. The van der Waals surface area contributed by atoms with Crippen molar-refractivity contribution in [1.29, 1.82) is 0 Å². The summed E-state index contributed by atoms with van der Waals surface area (Å²) in [6.45, 7) is 4.27. The summed E-state index contributed by atoms with van der Waals surface area (Å²) in [5, 5.41) is 13.7. The Morgan fingerprint density at radius 3 is 2.95 bits per heavy atom. The van der Waals surface area contributed by atoms with Gasteiger partial charge in [-0.05, 0) is 44.2 Å². The fourth-order valence-corrected chi connectivity index (χ4v) is 2.84. The topological polar surface area (TPSA) is 62.2 Å². The van der Waals surface area contributed by atoms with E-state index in [1.54, 1.807) is 37.0 Å². The molecule has 0 radical (unpaired) electrons. The van der Waals surface area contributed by atoms with Gasteiger partial charge in [-0.2, -0.15) is 0 Å². The van der Waals surface area contributed by atoms with Gasteiger partial charge in [0.1, 0.15) is 10.6 Å². The zero-order chi connectivity index (χ0) is 14.3. The average Bonchev–Trinajstić information content (AvgIpc) is 2.37. The van der Waals surface area contributed by atoms with Crippen LogP contribution in [0.25, 0.3) is 0 Å². The maximum atomic E-state index is 11.2. The molecule has 0 fully saturated rings. The highest BCUT2D eigenvalue weighted by molar-refractivity contribution is 7.99. The second-order valence-corrected chi connectivity index (χ2v) is 5.90. The Balaban J connectivity index is 2.41. The predicted molar refractivity (Wildman–Crippen MR) is 78.9 cm³/mol. The maximum Gasteiger partial charge on any atom is 0.323 e. The normalized spacial score (nSPS) is 14.1. The quantitative estimate of drug-likeness (QED) is 0.571. The van der Waals surface area contributed by atoms with Gasteiger partial charge in [-0.25, -0.2) is 4.98 Å². The van der Waals surface area contributed by atoms with Gasteiger partial charge >= 0.3 is 5.97 Å². The van der Waals surface area contributed by atoms with Gasteiger partial charge in [0.2, 0.25) is 0 Å². The SMILES string of the molecule is CCNC(C)(CCCSc1ncccc1Cl)C(=O)O. The Kier molecular flexibility index (Phi) is 6.62. The van der Waals surface area contributed by atoms with Gasteiger partial charge in [0.15, 0.2) is 0 Å². The predicted octanol–water partition coefficient (Wildman–Crippen LogP) is 3.06. The minimum absolute atomic E-state index is 0.577. The zero-order valence-electron chi connectivity index (χ0n) is 11.1. The number of carboxylic acids is 1. The van der Waals surface area contributed by atoms with Crippen LogP contribution in [-0.4, -0.2) is 33.9 Å². The molecule has 2 N–H and O–H groups in total. The standard InChI is InChI=1S/C13H19ClN2O2S/c1-3-16-13(2,12(17)18)7-5-9-19-11-10(14)6-4-8-15-11/h4,6,8,16H,3,5,7,9H2,1-2H3,(H,17,18). The highest BCUT2D eigenvalue weighted by Crippen LogP contribution is 2.25. The minimum Gasteiger partial charge on any atom is -0.480 e. The molecule has 4 nitrogen and oxygen atoms in total. The number of aliphatic carboxylic acids is 1. The van der Waals surface area contributed by atoms with Gasteiger partial charge in [-0.15, -0.1) is 11.8 Å². The summed E-state index contributed by atoms with van der Waals surface area (Å²) < 4.78 is 0. The largest absolute Gasteiger partial charge is 0.480 e. The first-order chi connectivity index (χ1) is 8.99. The summed E-state index contributed by atoms with van der Waals surface area (Å²) in [6, 6.07) is 3.59. The third kappa shape index (κ3) is 5.01. The van der Waals surface area contributed by atoms with E-state index in [4.69, 9.17) is 11.6 Å². The lowest BCUT2D eigenvalue weighted by Crippen LogP contribution is -2.49. The Hall–Kier alpha value is -0.780. The number of aromatic nitrogens is 1. The monoisotopic (exact) mass is 302 g/mol. The summed E-state index contributed by atoms with van der Waals surface area (Å²) in [5.74, 6) is -0.0134. The van der Waals surface area contributed by atoms with Gasteiger partial charge in [0, 0.05) is 6.20 Å². The molecule has 1 atom stereocenters. The van der Waals surface area contributed by atoms with Crippen LogP contribution in [0, 0.1) is 0 Å². The molecule has 1 aromatic rings. The van der Waals surface area contributed by atoms with Crippen LogP contribution in [0.1, 0.15) is 26.7 Å². The first-order valence-electron chi connectivity index (χ1n) is 6.21. The Labute approximate surface area is 123 Å². The summed E-state index contributed by atoms with van der Waals surface area (Å²) in [7, 11) is 0. The number of nitrogens with zero attached hydrogens (tertiary/aromatic N) is 1. The smallest absolute Gasteiger partial charge is 0.323 e. The van der Waals surface area contributed by atoms with E-state index in [1.807, 2.05) is 6.92 Å². The summed E-state index contributed by atoms with van der Waals surface area (Å²) in [6.07, 6.45) is 3.06. The molecule has 0 aliphatic rings. The molecule has 0 saturated carbocycles. The fraction of sp³-hybridized carbons (Fsp3) is 0.538. The molecule has 19 heavy (non-hydrogen) atoms. The third-order valence-corrected chi connectivity index (χ3v) is 4.33. The van der Waals surface area contributed by atoms with Crippen molar-refractivity contribution < 1.29 is 9.90 Å². The van der Waals surface area contributed by atoms with Crippen molar-refractivity contribution in [3.8, 4) is 0 Å². The van der Waals surface area contributed by atoms with Crippen molar-refractivity contribution in [2.24, 2.45) is 0 Å². The Morgan fingerprint density at radius 2 is 2.37 bits per heavy atom. The summed E-state index contributed by atoms with van der Waals surface area (Å²) >= 11 is 7.56. The molecule has 6 heteroatoms. The van der Waals surface area contributed by atoms with Crippen molar-refractivity contribution in [3.63, 3.8) is 0 Å². The summed E-state index contributed by atoms with van der Waals surface area (Å²) in [5.41, 5.74) is -0.858. The fourth-order valence-electron chi connectivity index (χ4n) is 1.73. The van der Waals surface area contributed by atoms with Crippen LogP contribution < -0.4 is 5.32 Å². The first kappa shape index (κ1) is 16.3. The van der Waals surface area contributed by atoms with E-state index in [9.17, 15) is 9.90 Å². The van der Waals surface area contributed by atoms with Crippen LogP contribution in [-0.2, 0) is 4.79 Å². The van der Waals surface area contributed by atoms with Gasteiger partial charge in [-0.1, -0.05) is 18.5 Å². The van der Waals surface area contributed by atoms with Crippen molar-refractivity contribution in [2.75, 3.05) is 12.3 Å². The number of thioether (sulfide) groups is 1. The molecule has 1 aromatic heterocycles. The van der Waals surface area contributed by atoms with Crippen molar-refractivity contribution >= 4 is 29.3 Å². The second kappa shape index (κ2) is 7.72. The molecule has 106 valence electrons. The van der Waals surface area contributed by atoms with Crippen LogP contribution in [0.3, 0.4) is 0 Å². The lowest BCUT2D eigenvalue weighted by atomic mass is 9.96. The molecule has 1 heterocycles. The Morgan fingerprint density at radius 1 is 1.63 bits per heavy atom. The molecule has 0 aliphatic carbocycles. The molecular formula is C13H19ClN2O2S. The maximum absolute atomic E-state index is 11.2.